The molecular weight excluding hydrogens is 230 g/mol. The molecule has 2 unspecified atom stereocenters. The van der Waals surface area contributed by atoms with Crippen LogP contribution >= 0.6 is 0 Å². The average molecular weight is 249 g/mol. The molecule has 2 rings (SSSR count). The van der Waals surface area contributed by atoms with Gasteiger partial charge >= 0.3 is 5.97 Å². The molecule has 98 valence electrons. The fourth-order valence-electron chi connectivity index (χ4n) is 2.57. The number of carboxylic acids is 1. The first-order valence-corrected chi connectivity index (χ1v) is 6.26. The van der Waals surface area contributed by atoms with Crippen molar-refractivity contribution < 1.29 is 14.6 Å². The van der Waals surface area contributed by atoms with Crippen molar-refractivity contribution in [1.82, 2.24) is 4.90 Å². The van der Waals surface area contributed by atoms with Gasteiger partial charge in [0.2, 0.25) is 0 Å². The van der Waals surface area contributed by atoms with Crippen molar-refractivity contribution in [3.05, 3.63) is 29.8 Å². The van der Waals surface area contributed by atoms with E-state index >= 15 is 0 Å². The molecule has 4 heteroatoms. The lowest BCUT2D eigenvalue weighted by Gasteiger charge is -2.15. The lowest BCUT2D eigenvalue weighted by molar-refractivity contribution is -0.141. The fraction of sp³-hybridized carbons (Fsp3) is 0.500. The van der Waals surface area contributed by atoms with E-state index in [1.54, 1.807) is 0 Å². The number of likely N-dealkylation sites (N-methyl/N-ethyl adjacent to an activating group) is 1. The van der Waals surface area contributed by atoms with Crippen molar-refractivity contribution in [3.63, 3.8) is 0 Å². The molecule has 0 amide bonds. The van der Waals surface area contributed by atoms with Crippen LogP contribution in [0.1, 0.15) is 18.4 Å². The van der Waals surface area contributed by atoms with Gasteiger partial charge in [-0.3, -0.25) is 4.79 Å². The molecule has 1 aliphatic heterocycles. The van der Waals surface area contributed by atoms with Gasteiger partial charge in [0.05, 0.1) is 12.5 Å². The van der Waals surface area contributed by atoms with Crippen LogP contribution in [0.2, 0.25) is 0 Å². The summed E-state index contributed by atoms with van der Waals surface area (Å²) in [5, 5.41) is 9.25. The van der Waals surface area contributed by atoms with Gasteiger partial charge in [-0.15, -0.1) is 0 Å². The third-order valence-electron chi connectivity index (χ3n) is 3.44. The molecule has 1 aromatic carbocycles. The van der Waals surface area contributed by atoms with E-state index in [9.17, 15) is 9.90 Å². The summed E-state index contributed by atoms with van der Waals surface area (Å²) in [5.74, 6) is -0.117. The van der Waals surface area contributed by atoms with Crippen molar-refractivity contribution in [2.24, 2.45) is 5.92 Å². The summed E-state index contributed by atoms with van der Waals surface area (Å²) >= 11 is 0. The van der Waals surface area contributed by atoms with E-state index in [4.69, 9.17) is 4.74 Å². The minimum atomic E-state index is -0.710. The van der Waals surface area contributed by atoms with Crippen LogP contribution in [0.15, 0.2) is 24.3 Å². The molecule has 1 fully saturated rings. The zero-order valence-electron chi connectivity index (χ0n) is 10.8. The van der Waals surface area contributed by atoms with Crippen LogP contribution in [-0.4, -0.2) is 42.7 Å². The monoisotopic (exact) mass is 249 g/mol. The maximum absolute atomic E-state index is 11.2. The number of carbonyl (C=O) groups is 1. The van der Waals surface area contributed by atoms with Gasteiger partial charge < -0.3 is 14.7 Å². The topological polar surface area (TPSA) is 49.8 Å². The third-order valence-corrected chi connectivity index (χ3v) is 3.44. The Bertz CT molecular complexity index is 416. The highest BCUT2D eigenvalue weighted by atomic mass is 16.5. The molecule has 1 aromatic rings. The SMILES string of the molecule is CCOc1ccc(C2CN(C)CC2C(=O)O)cc1. The Labute approximate surface area is 107 Å². The van der Waals surface area contributed by atoms with Gasteiger partial charge in [-0.25, -0.2) is 0 Å². The van der Waals surface area contributed by atoms with Gasteiger partial charge in [0.25, 0.3) is 0 Å². The predicted octanol–water partition coefficient (Wildman–Crippen LogP) is 1.82. The Balaban J connectivity index is 2.16. The Morgan fingerprint density at radius 3 is 2.61 bits per heavy atom. The summed E-state index contributed by atoms with van der Waals surface area (Å²) in [5.41, 5.74) is 1.08. The molecule has 4 nitrogen and oxygen atoms in total. The van der Waals surface area contributed by atoms with Gasteiger partial charge in [0.1, 0.15) is 5.75 Å². The molecule has 1 heterocycles. The molecule has 0 radical (unpaired) electrons. The van der Waals surface area contributed by atoms with Crippen LogP contribution in [0.4, 0.5) is 0 Å². The molecule has 0 spiro atoms. The van der Waals surface area contributed by atoms with Crippen LogP contribution in [0.5, 0.6) is 5.75 Å². The third kappa shape index (κ3) is 2.64. The Kier molecular flexibility index (Phi) is 3.87. The maximum atomic E-state index is 11.2. The molecule has 1 saturated heterocycles. The highest BCUT2D eigenvalue weighted by molar-refractivity contribution is 5.72. The second kappa shape index (κ2) is 5.40. The number of carboxylic acid groups (broad SMARTS) is 1. The Morgan fingerprint density at radius 2 is 2.06 bits per heavy atom. The van der Waals surface area contributed by atoms with Gasteiger partial charge in [-0.05, 0) is 31.7 Å². The number of benzene rings is 1. The maximum Gasteiger partial charge on any atom is 0.308 e. The minimum Gasteiger partial charge on any atom is -0.494 e. The molecule has 1 aliphatic rings. The lowest BCUT2D eigenvalue weighted by atomic mass is 9.89. The van der Waals surface area contributed by atoms with E-state index in [2.05, 4.69) is 4.90 Å². The summed E-state index contributed by atoms with van der Waals surface area (Å²) in [6, 6.07) is 7.78. The second-order valence-electron chi connectivity index (χ2n) is 4.77. The first kappa shape index (κ1) is 12.9. The summed E-state index contributed by atoms with van der Waals surface area (Å²) in [4.78, 5) is 13.3. The second-order valence-corrected chi connectivity index (χ2v) is 4.77. The number of aliphatic carboxylic acids is 1. The summed E-state index contributed by atoms with van der Waals surface area (Å²) in [6.45, 7) is 4.00. The summed E-state index contributed by atoms with van der Waals surface area (Å²) in [7, 11) is 1.96. The van der Waals surface area contributed by atoms with Crippen LogP contribution in [0.3, 0.4) is 0 Å². The van der Waals surface area contributed by atoms with Crippen LogP contribution in [-0.2, 0) is 4.79 Å². The average Bonchev–Trinajstić information content (AvgIpc) is 2.73. The largest absolute Gasteiger partial charge is 0.494 e. The van der Waals surface area contributed by atoms with E-state index in [1.165, 1.54) is 0 Å². The smallest absolute Gasteiger partial charge is 0.308 e. The van der Waals surface area contributed by atoms with Crippen LogP contribution < -0.4 is 4.74 Å². The van der Waals surface area contributed by atoms with E-state index in [0.717, 1.165) is 17.9 Å². The number of hydrogen-bond acceptors (Lipinski definition) is 3. The number of hydrogen-bond donors (Lipinski definition) is 1. The zero-order chi connectivity index (χ0) is 13.1. The standard InChI is InChI=1S/C14H19NO3/c1-3-18-11-6-4-10(5-7-11)12-8-15(2)9-13(12)14(16)17/h4-7,12-13H,3,8-9H2,1-2H3,(H,16,17). The molecule has 0 aliphatic carbocycles. The van der Waals surface area contributed by atoms with Crippen molar-refractivity contribution in [3.8, 4) is 5.75 Å². The predicted molar refractivity (Wildman–Crippen MR) is 69.0 cm³/mol. The Morgan fingerprint density at radius 1 is 1.39 bits per heavy atom. The lowest BCUT2D eigenvalue weighted by Crippen LogP contribution is -2.21. The molecule has 18 heavy (non-hydrogen) atoms. The van der Waals surface area contributed by atoms with Crippen molar-refractivity contribution in [1.29, 1.82) is 0 Å². The number of likely N-dealkylation sites (tertiary alicyclic amines) is 1. The van der Waals surface area contributed by atoms with Crippen molar-refractivity contribution >= 4 is 5.97 Å². The minimum absolute atomic E-state index is 0.0724. The normalized spacial score (nSPS) is 24.1. The molecular formula is C14H19NO3. The van der Waals surface area contributed by atoms with Crippen molar-refractivity contribution in [2.45, 2.75) is 12.8 Å². The van der Waals surface area contributed by atoms with Crippen LogP contribution in [0.25, 0.3) is 0 Å². The molecule has 1 N–H and O–H groups in total. The quantitative estimate of drug-likeness (QED) is 0.884. The number of nitrogens with zero attached hydrogens (tertiary/aromatic N) is 1. The highest BCUT2D eigenvalue weighted by Crippen LogP contribution is 2.32. The summed E-state index contributed by atoms with van der Waals surface area (Å²) < 4.78 is 5.39. The van der Waals surface area contributed by atoms with Crippen LogP contribution in [0, 0.1) is 5.92 Å². The van der Waals surface area contributed by atoms with Gasteiger partial charge in [-0.2, -0.15) is 0 Å². The van der Waals surface area contributed by atoms with E-state index in [0.29, 0.717) is 13.2 Å². The zero-order valence-corrected chi connectivity index (χ0v) is 10.8. The van der Waals surface area contributed by atoms with E-state index in [1.807, 2.05) is 38.2 Å². The summed E-state index contributed by atoms with van der Waals surface area (Å²) in [6.07, 6.45) is 0. The first-order valence-electron chi connectivity index (χ1n) is 6.26. The van der Waals surface area contributed by atoms with E-state index < -0.39 is 5.97 Å². The first-order chi connectivity index (χ1) is 8.61. The number of rotatable bonds is 4. The Hall–Kier alpha value is -1.55. The van der Waals surface area contributed by atoms with Crippen molar-refractivity contribution in [2.75, 3.05) is 26.7 Å². The molecule has 0 bridgehead atoms. The molecule has 0 saturated carbocycles. The fourth-order valence-corrected chi connectivity index (χ4v) is 2.57. The highest BCUT2D eigenvalue weighted by Gasteiger charge is 2.36. The van der Waals surface area contributed by atoms with Gasteiger partial charge in [-0.1, -0.05) is 12.1 Å². The number of ether oxygens (including phenoxy) is 1. The van der Waals surface area contributed by atoms with E-state index in [-0.39, 0.29) is 11.8 Å². The van der Waals surface area contributed by atoms with Gasteiger partial charge in [0, 0.05) is 19.0 Å². The molecule has 2 atom stereocenters. The van der Waals surface area contributed by atoms with Gasteiger partial charge in [0.15, 0.2) is 0 Å². The molecule has 0 aromatic heterocycles.